The molecule has 0 saturated heterocycles. The molecule has 0 aromatic rings. The SMILES string of the molecule is CC(C)(C)C(=O)C(=O)N(C(C)(C)C)C(C)(C)C. The minimum Gasteiger partial charge on any atom is -0.326 e. The second kappa shape index (κ2) is 4.43. The van der Waals surface area contributed by atoms with Gasteiger partial charge in [0.25, 0.3) is 5.91 Å². The van der Waals surface area contributed by atoms with Gasteiger partial charge in [-0.15, -0.1) is 0 Å². The fraction of sp³-hybridized carbons (Fsp3) is 0.857. The molecule has 0 aliphatic carbocycles. The molecule has 0 rings (SSSR count). The van der Waals surface area contributed by atoms with Gasteiger partial charge in [0, 0.05) is 16.5 Å². The first-order chi connectivity index (χ1) is 7.19. The van der Waals surface area contributed by atoms with Crippen molar-refractivity contribution in [3.8, 4) is 0 Å². The molecule has 3 heteroatoms. The van der Waals surface area contributed by atoms with Crippen molar-refractivity contribution in [1.82, 2.24) is 4.90 Å². The maximum absolute atomic E-state index is 12.4. The standard InChI is InChI=1S/C14H27NO2/c1-12(2,3)10(16)11(17)15(13(4,5)6)14(7,8)9/h1-9H3. The molecule has 0 unspecified atom stereocenters. The predicted molar refractivity (Wildman–Crippen MR) is 70.8 cm³/mol. The molecule has 100 valence electrons. The van der Waals surface area contributed by atoms with Gasteiger partial charge in [0.1, 0.15) is 0 Å². The average Bonchev–Trinajstić information content (AvgIpc) is 1.94. The molecule has 3 nitrogen and oxygen atoms in total. The molecule has 0 aliphatic heterocycles. The number of nitrogens with zero attached hydrogens (tertiary/aromatic N) is 1. The summed E-state index contributed by atoms with van der Waals surface area (Å²) in [6.07, 6.45) is 0. The molecule has 0 bridgehead atoms. The monoisotopic (exact) mass is 241 g/mol. The van der Waals surface area contributed by atoms with Gasteiger partial charge < -0.3 is 4.90 Å². The Morgan fingerprint density at radius 3 is 1.18 bits per heavy atom. The molecule has 0 N–H and O–H groups in total. The lowest BCUT2D eigenvalue weighted by Gasteiger charge is -2.45. The van der Waals surface area contributed by atoms with Crippen LogP contribution in [0, 0.1) is 5.41 Å². The second-order valence-electron chi connectivity index (χ2n) is 7.56. The summed E-state index contributed by atoms with van der Waals surface area (Å²) >= 11 is 0. The van der Waals surface area contributed by atoms with Crippen molar-refractivity contribution in [2.45, 2.75) is 73.4 Å². The fourth-order valence-electron chi connectivity index (χ4n) is 2.04. The zero-order chi connectivity index (χ0) is 14.2. The maximum atomic E-state index is 12.4. The molecule has 0 heterocycles. The summed E-state index contributed by atoms with van der Waals surface area (Å²) in [6.45, 7) is 17.0. The van der Waals surface area contributed by atoms with E-state index in [1.165, 1.54) is 0 Å². The number of carbonyl (C=O) groups is 2. The van der Waals surface area contributed by atoms with Crippen LogP contribution in [0.4, 0.5) is 0 Å². The van der Waals surface area contributed by atoms with Crippen molar-refractivity contribution in [3.63, 3.8) is 0 Å². The van der Waals surface area contributed by atoms with Crippen LogP contribution in [0.1, 0.15) is 62.3 Å². The van der Waals surface area contributed by atoms with Crippen molar-refractivity contribution in [1.29, 1.82) is 0 Å². The third-order valence-electron chi connectivity index (χ3n) is 2.42. The minimum absolute atomic E-state index is 0.331. The van der Waals surface area contributed by atoms with Gasteiger partial charge in [-0.2, -0.15) is 0 Å². The summed E-state index contributed by atoms with van der Waals surface area (Å²) in [7, 11) is 0. The van der Waals surface area contributed by atoms with Crippen LogP contribution in [0.5, 0.6) is 0 Å². The molecule has 0 radical (unpaired) electrons. The molecule has 0 aromatic carbocycles. The van der Waals surface area contributed by atoms with E-state index in [1.807, 2.05) is 41.5 Å². The van der Waals surface area contributed by atoms with E-state index in [4.69, 9.17) is 0 Å². The molecule has 0 aliphatic rings. The number of hydrogen-bond donors (Lipinski definition) is 0. The summed E-state index contributed by atoms with van der Waals surface area (Å²) in [6, 6.07) is 0. The molecule has 17 heavy (non-hydrogen) atoms. The largest absolute Gasteiger partial charge is 0.326 e. The topological polar surface area (TPSA) is 37.4 Å². The van der Waals surface area contributed by atoms with E-state index in [0.717, 1.165) is 0 Å². The third-order valence-corrected chi connectivity index (χ3v) is 2.42. The lowest BCUT2D eigenvalue weighted by atomic mass is 9.87. The summed E-state index contributed by atoms with van der Waals surface area (Å²) in [4.78, 5) is 26.1. The Balaban J connectivity index is 5.41. The Labute approximate surface area is 106 Å². The molecule has 0 saturated carbocycles. The van der Waals surface area contributed by atoms with Crippen molar-refractivity contribution in [2.24, 2.45) is 5.41 Å². The van der Waals surface area contributed by atoms with E-state index < -0.39 is 11.3 Å². The highest BCUT2D eigenvalue weighted by atomic mass is 16.2. The number of ketones is 1. The van der Waals surface area contributed by atoms with E-state index >= 15 is 0 Å². The quantitative estimate of drug-likeness (QED) is 0.662. The van der Waals surface area contributed by atoms with Crippen LogP contribution in [-0.4, -0.2) is 27.7 Å². The van der Waals surface area contributed by atoms with Gasteiger partial charge in [0.05, 0.1) is 0 Å². The molecule has 0 aromatic heterocycles. The molecule has 0 spiro atoms. The van der Waals surface area contributed by atoms with Gasteiger partial charge in [-0.05, 0) is 41.5 Å². The van der Waals surface area contributed by atoms with E-state index in [-0.39, 0.29) is 16.9 Å². The number of Topliss-reactive ketones (excluding diaryl/α,β-unsaturated/α-hetero) is 1. The second-order valence-corrected chi connectivity index (χ2v) is 7.56. The number of rotatable bonds is 1. The van der Waals surface area contributed by atoms with Crippen LogP contribution < -0.4 is 0 Å². The van der Waals surface area contributed by atoms with Gasteiger partial charge in [0.15, 0.2) is 0 Å². The first-order valence-corrected chi connectivity index (χ1v) is 6.08. The molecular formula is C14H27NO2. The molecule has 0 fully saturated rings. The highest BCUT2D eigenvalue weighted by Gasteiger charge is 2.41. The summed E-state index contributed by atoms with van der Waals surface area (Å²) in [5.74, 6) is -0.722. The van der Waals surface area contributed by atoms with Crippen LogP contribution in [0.15, 0.2) is 0 Å². The molecule has 0 atom stereocenters. The number of hydrogen-bond acceptors (Lipinski definition) is 2. The summed E-state index contributed by atoms with van der Waals surface area (Å²) < 4.78 is 0. The minimum atomic E-state index is -0.633. The van der Waals surface area contributed by atoms with Gasteiger partial charge in [0.2, 0.25) is 5.78 Å². The highest BCUT2D eigenvalue weighted by molar-refractivity contribution is 6.38. The van der Waals surface area contributed by atoms with E-state index in [2.05, 4.69) is 0 Å². The lowest BCUT2D eigenvalue weighted by molar-refractivity contribution is -0.156. The van der Waals surface area contributed by atoms with Crippen molar-refractivity contribution < 1.29 is 9.59 Å². The Hall–Kier alpha value is -0.860. The van der Waals surface area contributed by atoms with Crippen molar-refractivity contribution in [2.75, 3.05) is 0 Å². The Morgan fingerprint density at radius 1 is 0.706 bits per heavy atom. The average molecular weight is 241 g/mol. The lowest BCUT2D eigenvalue weighted by Crippen LogP contribution is -2.59. The summed E-state index contributed by atoms with van der Waals surface area (Å²) in [5.41, 5.74) is -1.36. The normalized spacial score (nSPS) is 13.5. The van der Waals surface area contributed by atoms with Gasteiger partial charge in [-0.3, -0.25) is 9.59 Å². The van der Waals surface area contributed by atoms with Gasteiger partial charge >= 0.3 is 0 Å². The van der Waals surface area contributed by atoms with E-state index in [9.17, 15) is 9.59 Å². The molecular weight excluding hydrogens is 214 g/mol. The Bertz CT molecular complexity index is 297. The zero-order valence-corrected chi connectivity index (χ0v) is 12.8. The van der Waals surface area contributed by atoms with Gasteiger partial charge in [-0.25, -0.2) is 0 Å². The number of carbonyl (C=O) groups excluding carboxylic acids is 2. The van der Waals surface area contributed by atoms with Crippen LogP contribution in [0.2, 0.25) is 0 Å². The predicted octanol–water partition coefficient (Wildman–Crippen LogP) is 3.03. The number of amides is 1. The van der Waals surface area contributed by atoms with Crippen molar-refractivity contribution >= 4 is 11.7 Å². The first-order valence-electron chi connectivity index (χ1n) is 6.08. The van der Waals surface area contributed by atoms with Crippen LogP contribution in [0.3, 0.4) is 0 Å². The maximum Gasteiger partial charge on any atom is 0.291 e. The first kappa shape index (κ1) is 16.1. The van der Waals surface area contributed by atoms with Crippen LogP contribution in [0.25, 0.3) is 0 Å². The van der Waals surface area contributed by atoms with Crippen molar-refractivity contribution in [3.05, 3.63) is 0 Å². The van der Waals surface area contributed by atoms with Crippen LogP contribution >= 0.6 is 0 Å². The molecule has 1 amide bonds. The third kappa shape index (κ3) is 4.14. The Kier molecular flexibility index (Phi) is 4.21. The smallest absolute Gasteiger partial charge is 0.291 e. The van der Waals surface area contributed by atoms with E-state index in [0.29, 0.717) is 0 Å². The highest BCUT2D eigenvalue weighted by Crippen LogP contribution is 2.27. The summed E-state index contributed by atoms with van der Waals surface area (Å²) in [5, 5.41) is 0. The fourth-order valence-corrected chi connectivity index (χ4v) is 2.04. The van der Waals surface area contributed by atoms with Gasteiger partial charge in [-0.1, -0.05) is 20.8 Å². The Morgan fingerprint density at radius 2 is 1.00 bits per heavy atom. The zero-order valence-electron chi connectivity index (χ0n) is 12.8. The van der Waals surface area contributed by atoms with Crippen LogP contribution in [-0.2, 0) is 9.59 Å². The van der Waals surface area contributed by atoms with E-state index in [1.54, 1.807) is 25.7 Å².